The van der Waals surface area contributed by atoms with Crippen LogP contribution in [-0.4, -0.2) is 10.9 Å². The average Bonchev–Trinajstić information content (AvgIpc) is 2.30. The third kappa shape index (κ3) is 1.82. The Kier molecular flexibility index (Phi) is 2.19. The maximum atomic E-state index is 10.7. The number of primary amides is 1. The maximum absolute atomic E-state index is 10.7. The zero-order chi connectivity index (χ0) is 9.35. The third-order valence-corrected chi connectivity index (χ3v) is 2.34. The summed E-state index contributed by atoms with van der Waals surface area (Å²) in [5.41, 5.74) is 5.99. The lowest BCUT2D eigenvalue weighted by atomic mass is 9.93. The van der Waals surface area contributed by atoms with Crippen LogP contribution in [0.5, 0.6) is 0 Å². The van der Waals surface area contributed by atoms with Crippen LogP contribution in [0.25, 0.3) is 0 Å². The second kappa shape index (κ2) is 2.86. The Hall–Kier alpha value is -0.900. The SMILES string of the molecule is CC(C)(C)c1csc(C(N)=O)n1.[HH]. The quantitative estimate of drug-likeness (QED) is 0.727. The molecule has 1 heterocycles. The van der Waals surface area contributed by atoms with E-state index in [0.717, 1.165) is 5.69 Å². The molecule has 0 radical (unpaired) electrons. The van der Waals surface area contributed by atoms with Gasteiger partial charge >= 0.3 is 0 Å². The van der Waals surface area contributed by atoms with Crippen molar-refractivity contribution in [2.24, 2.45) is 5.73 Å². The number of hydrogen-bond acceptors (Lipinski definition) is 3. The highest BCUT2D eigenvalue weighted by Crippen LogP contribution is 2.23. The fourth-order valence-corrected chi connectivity index (χ4v) is 1.63. The molecule has 4 heteroatoms. The van der Waals surface area contributed by atoms with Crippen molar-refractivity contribution in [2.45, 2.75) is 26.2 Å². The summed E-state index contributed by atoms with van der Waals surface area (Å²) in [5.74, 6) is -0.449. The second-order valence-corrected chi connectivity index (χ2v) is 4.51. The molecule has 0 aliphatic carbocycles. The molecule has 1 aromatic rings. The number of amides is 1. The van der Waals surface area contributed by atoms with E-state index in [1.54, 1.807) is 0 Å². The van der Waals surface area contributed by atoms with Gasteiger partial charge in [-0.1, -0.05) is 20.8 Å². The van der Waals surface area contributed by atoms with Crippen LogP contribution in [0.4, 0.5) is 0 Å². The fraction of sp³-hybridized carbons (Fsp3) is 0.500. The molecule has 1 amide bonds. The second-order valence-electron chi connectivity index (χ2n) is 3.65. The normalized spacial score (nSPS) is 11.6. The predicted molar refractivity (Wildman–Crippen MR) is 51.4 cm³/mol. The molecule has 0 aliphatic rings. The highest BCUT2D eigenvalue weighted by Gasteiger charge is 2.18. The van der Waals surface area contributed by atoms with Crippen LogP contribution < -0.4 is 5.73 Å². The number of nitrogens with zero attached hydrogens (tertiary/aromatic N) is 1. The van der Waals surface area contributed by atoms with E-state index >= 15 is 0 Å². The van der Waals surface area contributed by atoms with E-state index < -0.39 is 5.91 Å². The molecule has 68 valence electrons. The summed E-state index contributed by atoms with van der Waals surface area (Å²) in [6.45, 7) is 6.15. The minimum Gasteiger partial charge on any atom is -0.364 e. The fourth-order valence-electron chi connectivity index (χ4n) is 0.731. The minimum absolute atomic E-state index is 0. The zero-order valence-corrected chi connectivity index (χ0v) is 8.23. The molecule has 12 heavy (non-hydrogen) atoms. The average molecular weight is 186 g/mol. The number of aromatic nitrogens is 1. The van der Waals surface area contributed by atoms with E-state index in [9.17, 15) is 4.79 Å². The van der Waals surface area contributed by atoms with E-state index in [-0.39, 0.29) is 6.84 Å². The molecule has 0 bridgehead atoms. The number of thiazole rings is 1. The van der Waals surface area contributed by atoms with Crippen LogP contribution >= 0.6 is 11.3 Å². The Morgan fingerprint density at radius 1 is 1.67 bits per heavy atom. The van der Waals surface area contributed by atoms with Gasteiger partial charge in [0.1, 0.15) is 0 Å². The van der Waals surface area contributed by atoms with E-state index in [1.165, 1.54) is 11.3 Å². The molecule has 0 atom stereocenters. The number of carbonyl (C=O) groups excluding carboxylic acids is 1. The van der Waals surface area contributed by atoms with Crippen LogP contribution in [0.15, 0.2) is 5.38 Å². The van der Waals surface area contributed by atoms with Gasteiger partial charge in [0.2, 0.25) is 0 Å². The molecule has 0 fully saturated rings. The van der Waals surface area contributed by atoms with Gasteiger partial charge < -0.3 is 5.73 Å². The van der Waals surface area contributed by atoms with E-state index in [0.29, 0.717) is 5.01 Å². The predicted octanol–water partition coefficient (Wildman–Crippen LogP) is 1.79. The van der Waals surface area contributed by atoms with Crippen LogP contribution in [0.1, 0.15) is 37.7 Å². The third-order valence-electron chi connectivity index (χ3n) is 1.48. The summed E-state index contributed by atoms with van der Waals surface area (Å²) in [6, 6.07) is 0. The molecule has 0 spiro atoms. The van der Waals surface area contributed by atoms with Gasteiger partial charge in [-0.05, 0) is 0 Å². The molecular weight excluding hydrogens is 172 g/mol. The van der Waals surface area contributed by atoms with E-state index in [1.807, 2.05) is 26.2 Å². The van der Waals surface area contributed by atoms with Gasteiger partial charge in [-0.25, -0.2) is 4.98 Å². The van der Waals surface area contributed by atoms with Crippen molar-refractivity contribution in [1.29, 1.82) is 0 Å². The minimum atomic E-state index is -0.449. The highest BCUT2D eigenvalue weighted by molar-refractivity contribution is 7.11. The molecule has 0 saturated heterocycles. The molecular formula is C8H14N2OS. The summed E-state index contributed by atoms with van der Waals surface area (Å²) >= 11 is 1.30. The van der Waals surface area contributed by atoms with Crippen molar-refractivity contribution in [3.05, 3.63) is 16.1 Å². The van der Waals surface area contributed by atoms with Crippen molar-refractivity contribution >= 4 is 17.2 Å². The van der Waals surface area contributed by atoms with Crippen molar-refractivity contribution in [2.75, 3.05) is 0 Å². The first-order valence-electron chi connectivity index (χ1n) is 3.67. The van der Waals surface area contributed by atoms with Gasteiger partial charge in [0, 0.05) is 12.2 Å². The number of nitrogens with two attached hydrogens (primary N) is 1. The lowest BCUT2D eigenvalue weighted by Crippen LogP contribution is -2.14. The summed E-state index contributed by atoms with van der Waals surface area (Å²) < 4.78 is 0. The van der Waals surface area contributed by atoms with E-state index in [2.05, 4.69) is 4.98 Å². The van der Waals surface area contributed by atoms with Gasteiger partial charge in [0.15, 0.2) is 5.01 Å². The maximum Gasteiger partial charge on any atom is 0.277 e. The Bertz CT molecular complexity index is 303. The first-order valence-corrected chi connectivity index (χ1v) is 4.55. The molecule has 0 saturated carbocycles. The van der Waals surface area contributed by atoms with Crippen LogP contribution in [0.2, 0.25) is 0 Å². The molecule has 0 aromatic carbocycles. The number of hydrogen-bond donors (Lipinski definition) is 1. The topological polar surface area (TPSA) is 56.0 Å². The summed E-state index contributed by atoms with van der Waals surface area (Å²) in [5, 5.41) is 2.26. The Morgan fingerprint density at radius 2 is 2.25 bits per heavy atom. The standard InChI is InChI=1S/C8H12N2OS.H2/c1-8(2,3)5-4-12-7(10-5)6(9)11;/h4H,1-3H3,(H2,9,11);1H. The van der Waals surface area contributed by atoms with E-state index in [4.69, 9.17) is 5.73 Å². The van der Waals surface area contributed by atoms with Crippen LogP contribution in [0.3, 0.4) is 0 Å². The highest BCUT2D eigenvalue weighted by atomic mass is 32.1. The van der Waals surface area contributed by atoms with Crippen LogP contribution in [0, 0.1) is 0 Å². The first-order chi connectivity index (χ1) is 5.41. The van der Waals surface area contributed by atoms with Gasteiger partial charge in [-0.3, -0.25) is 4.79 Å². The summed E-state index contributed by atoms with van der Waals surface area (Å²) in [6.07, 6.45) is 0. The first kappa shape index (κ1) is 9.19. The molecule has 1 rings (SSSR count). The lowest BCUT2D eigenvalue weighted by molar-refractivity contribution is 0.0999. The smallest absolute Gasteiger partial charge is 0.277 e. The summed E-state index contributed by atoms with van der Waals surface area (Å²) in [7, 11) is 0. The number of rotatable bonds is 1. The summed E-state index contributed by atoms with van der Waals surface area (Å²) in [4.78, 5) is 14.8. The van der Waals surface area contributed by atoms with Crippen molar-refractivity contribution in [3.63, 3.8) is 0 Å². The molecule has 3 nitrogen and oxygen atoms in total. The molecule has 2 N–H and O–H groups in total. The van der Waals surface area contributed by atoms with Gasteiger partial charge in [-0.15, -0.1) is 11.3 Å². The number of carbonyl (C=O) groups is 1. The van der Waals surface area contributed by atoms with Crippen molar-refractivity contribution in [1.82, 2.24) is 4.98 Å². The van der Waals surface area contributed by atoms with Gasteiger partial charge in [-0.2, -0.15) is 0 Å². The largest absolute Gasteiger partial charge is 0.364 e. The lowest BCUT2D eigenvalue weighted by Gasteiger charge is -2.13. The van der Waals surface area contributed by atoms with Gasteiger partial charge in [0.05, 0.1) is 5.69 Å². The Balaban J connectivity index is 0.00000144. The van der Waals surface area contributed by atoms with Crippen molar-refractivity contribution in [3.8, 4) is 0 Å². The molecule has 1 aromatic heterocycles. The zero-order valence-electron chi connectivity index (χ0n) is 7.42. The van der Waals surface area contributed by atoms with Crippen molar-refractivity contribution < 1.29 is 6.22 Å². The Labute approximate surface area is 77.1 Å². The monoisotopic (exact) mass is 186 g/mol. The van der Waals surface area contributed by atoms with Crippen LogP contribution in [-0.2, 0) is 5.41 Å². The molecule has 0 unspecified atom stereocenters. The van der Waals surface area contributed by atoms with Gasteiger partial charge in [0.25, 0.3) is 5.91 Å². The molecule has 0 aliphatic heterocycles. The Morgan fingerprint density at radius 3 is 2.50 bits per heavy atom.